The molecule has 0 aliphatic carbocycles. The van der Waals surface area contributed by atoms with Crippen LogP contribution in [-0.4, -0.2) is 23.1 Å². The first-order chi connectivity index (χ1) is 10.9. The minimum absolute atomic E-state index is 0.143. The molecular weight excluding hydrogens is 290 g/mol. The van der Waals surface area contributed by atoms with E-state index in [4.69, 9.17) is 4.52 Å². The van der Waals surface area contributed by atoms with Crippen LogP contribution in [0.5, 0.6) is 0 Å². The molecule has 124 valence electrons. The Morgan fingerprint density at radius 3 is 2.48 bits per heavy atom. The van der Waals surface area contributed by atoms with Crippen LogP contribution in [0, 0.1) is 6.92 Å². The molecule has 0 atom stereocenters. The molecule has 23 heavy (non-hydrogen) atoms. The van der Waals surface area contributed by atoms with Crippen LogP contribution >= 0.6 is 0 Å². The van der Waals surface area contributed by atoms with Crippen molar-refractivity contribution in [1.82, 2.24) is 20.8 Å². The lowest BCUT2D eigenvalue weighted by Crippen LogP contribution is -2.36. The van der Waals surface area contributed by atoms with Gasteiger partial charge in [0.1, 0.15) is 0 Å². The zero-order valence-corrected chi connectivity index (χ0v) is 14.5. The third-order valence-corrected chi connectivity index (χ3v) is 3.45. The van der Waals surface area contributed by atoms with Crippen molar-refractivity contribution in [2.75, 3.05) is 7.05 Å². The van der Waals surface area contributed by atoms with Crippen molar-refractivity contribution in [2.24, 2.45) is 4.99 Å². The summed E-state index contributed by atoms with van der Waals surface area (Å²) >= 11 is 0. The quantitative estimate of drug-likeness (QED) is 0.670. The number of nitrogens with zero attached hydrogens (tertiary/aromatic N) is 3. The first kappa shape index (κ1) is 17.0. The molecule has 2 aromatic rings. The van der Waals surface area contributed by atoms with Crippen LogP contribution in [0.25, 0.3) is 0 Å². The lowest BCUT2D eigenvalue weighted by Gasteiger charge is -2.12. The molecule has 0 bridgehead atoms. The van der Waals surface area contributed by atoms with Crippen molar-refractivity contribution < 1.29 is 4.52 Å². The first-order valence-electron chi connectivity index (χ1n) is 7.72. The number of nitrogens with one attached hydrogen (secondary N) is 2. The second kappa shape index (κ2) is 7.26. The Balaban J connectivity index is 1.88. The minimum atomic E-state index is -0.143. The largest absolute Gasteiger partial charge is 0.352 e. The number of hydrogen-bond donors (Lipinski definition) is 2. The number of hydrogen-bond acceptors (Lipinski definition) is 4. The van der Waals surface area contributed by atoms with E-state index in [1.165, 1.54) is 11.1 Å². The lowest BCUT2D eigenvalue weighted by atomic mass is 9.97. The Labute approximate surface area is 137 Å². The van der Waals surface area contributed by atoms with Gasteiger partial charge in [0.15, 0.2) is 11.8 Å². The highest BCUT2D eigenvalue weighted by atomic mass is 16.5. The van der Waals surface area contributed by atoms with Gasteiger partial charge >= 0.3 is 0 Å². The fourth-order valence-corrected chi connectivity index (χ4v) is 2.00. The van der Waals surface area contributed by atoms with E-state index in [0.29, 0.717) is 30.8 Å². The third kappa shape index (κ3) is 4.81. The summed E-state index contributed by atoms with van der Waals surface area (Å²) in [6.45, 7) is 9.40. The molecule has 1 heterocycles. The molecule has 0 saturated carbocycles. The summed E-state index contributed by atoms with van der Waals surface area (Å²) in [7, 11) is 1.74. The average molecular weight is 315 g/mol. The summed E-state index contributed by atoms with van der Waals surface area (Å²) in [6, 6.07) is 8.27. The van der Waals surface area contributed by atoms with Crippen LogP contribution in [0.4, 0.5) is 0 Å². The van der Waals surface area contributed by atoms with Gasteiger partial charge in [0.05, 0.1) is 6.54 Å². The Hall–Kier alpha value is -2.37. The minimum Gasteiger partial charge on any atom is -0.352 e. The van der Waals surface area contributed by atoms with Gasteiger partial charge in [0, 0.05) is 19.0 Å². The maximum absolute atomic E-state index is 5.28. The van der Waals surface area contributed by atoms with Crippen molar-refractivity contribution >= 4 is 5.96 Å². The van der Waals surface area contributed by atoms with Crippen molar-refractivity contribution in [3.8, 4) is 0 Å². The summed E-state index contributed by atoms with van der Waals surface area (Å²) in [5.41, 5.74) is 2.35. The van der Waals surface area contributed by atoms with Crippen LogP contribution in [0.15, 0.2) is 33.8 Å². The monoisotopic (exact) mass is 315 g/mol. The third-order valence-electron chi connectivity index (χ3n) is 3.45. The number of rotatable bonds is 4. The van der Waals surface area contributed by atoms with E-state index in [9.17, 15) is 0 Å². The highest BCUT2D eigenvalue weighted by Crippen LogP contribution is 2.19. The molecule has 2 rings (SSSR count). The molecular formula is C17H25N5O. The zero-order valence-electron chi connectivity index (χ0n) is 14.5. The molecule has 0 fully saturated rings. The summed E-state index contributed by atoms with van der Waals surface area (Å²) in [5, 5.41) is 10.5. The molecule has 0 aliphatic heterocycles. The molecule has 0 saturated heterocycles. The second-order valence-electron chi connectivity index (χ2n) is 6.47. The number of aliphatic imine (C=N–C) groups is 1. The predicted octanol–water partition coefficient (Wildman–Crippen LogP) is 2.54. The molecule has 0 spiro atoms. The van der Waals surface area contributed by atoms with Gasteiger partial charge in [-0.15, -0.1) is 0 Å². The fourth-order valence-electron chi connectivity index (χ4n) is 2.00. The van der Waals surface area contributed by atoms with Crippen LogP contribution in [0.3, 0.4) is 0 Å². The van der Waals surface area contributed by atoms with Crippen molar-refractivity contribution in [1.29, 1.82) is 0 Å². The van der Waals surface area contributed by atoms with Gasteiger partial charge in [-0.1, -0.05) is 50.2 Å². The molecule has 1 aromatic carbocycles. The maximum Gasteiger partial charge on any atom is 0.232 e. The molecule has 0 unspecified atom stereocenters. The highest BCUT2D eigenvalue weighted by Gasteiger charge is 2.21. The maximum atomic E-state index is 5.28. The normalized spacial score (nSPS) is 12.3. The lowest BCUT2D eigenvalue weighted by molar-refractivity contribution is 0.318. The second-order valence-corrected chi connectivity index (χ2v) is 6.47. The Bertz CT molecular complexity index is 670. The fraction of sp³-hybridized carbons (Fsp3) is 0.471. The van der Waals surface area contributed by atoms with Gasteiger partial charge in [-0.2, -0.15) is 4.98 Å². The van der Waals surface area contributed by atoms with Crippen molar-refractivity contribution in [2.45, 2.75) is 46.2 Å². The molecule has 2 N–H and O–H groups in total. The smallest absolute Gasteiger partial charge is 0.232 e. The van der Waals surface area contributed by atoms with Crippen LogP contribution in [-0.2, 0) is 18.5 Å². The summed E-state index contributed by atoms with van der Waals surface area (Å²) in [6.07, 6.45) is 0. The molecule has 0 aliphatic rings. The highest BCUT2D eigenvalue weighted by molar-refractivity contribution is 5.79. The Morgan fingerprint density at radius 2 is 1.87 bits per heavy atom. The van der Waals surface area contributed by atoms with Gasteiger partial charge in [0.25, 0.3) is 0 Å². The zero-order chi connectivity index (χ0) is 16.9. The van der Waals surface area contributed by atoms with Crippen molar-refractivity contribution in [3.63, 3.8) is 0 Å². The van der Waals surface area contributed by atoms with Crippen LogP contribution in [0.2, 0.25) is 0 Å². The van der Waals surface area contributed by atoms with Crippen LogP contribution < -0.4 is 10.6 Å². The SMILES string of the molecule is CN=C(NCc1noc(C(C)(C)C)n1)NCc1ccccc1C. The summed E-state index contributed by atoms with van der Waals surface area (Å²) in [5.74, 6) is 1.96. The average Bonchev–Trinajstić information content (AvgIpc) is 2.98. The number of guanidine groups is 1. The molecule has 6 nitrogen and oxygen atoms in total. The number of aryl methyl sites for hydroxylation is 1. The predicted molar refractivity (Wildman–Crippen MR) is 91.2 cm³/mol. The molecule has 6 heteroatoms. The van der Waals surface area contributed by atoms with Crippen LogP contribution in [0.1, 0.15) is 43.6 Å². The Kier molecular flexibility index (Phi) is 5.36. The van der Waals surface area contributed by atoms with Gasteiger partial charge in [-0.05, 0) is 18.1 Å². The van der Waals surface area contributed by atoms with E-state index in [0.717, 1.165) is 0 Å². The first-order valence-corrected chi connectivity index (χ1v) is 7.72. The van der Waals surface area contributed by atoms with E-state index in [1.54, 1.807) is 7.05 Å². The number of benzene rings is 1. The molecule has 0 radical (unpaired) electrons. The van der Waals surface area contributed by atoms with Gasteiger partial charge in [-0.25, -0.2) is 0 Å². The standard InChI is InChI=1S/C17H25N5O/c1-12-8-6-7-9-13(12)10-19-16(18-5)20-11-14-21-15(23-22-14)17(2,3)4/h6-9H,10-11H2,1-5H3,(H2,18,19,20). The van der Waals surface area contributed by atoms with E-state index < -0.39 is 0 Å². The Morgan fingerprint density at radius 1 is 1.17 bits per heavy atom. The molecule has 0 amide bonds. The summed E-state index contributed by atoms with van der Waals surface area (Å²) in [4.78, 5) is 8.61. The van der Waals surface area contributed by atoms with E-state index >= 15 is 0 Å². The van der Waals surface area contributed by atoms with Crippen molar-refractivity contribution in [3.05, 3.63) is 47.1 Å². The summed E-state index contributed by atoms with van der Waals surface area (Å²) < 4.78 is 5.28. The van der Waals surface area contributed by atoms with E-state index in [-0.39, 0.29) is 5.41 Å². The topological polar surface area (TPSA) is 75.3 Å². The van der Waals surface area contributed by atoms with Gasteiger partial charge < -0.3 is 15.2 Å². The number of aromatic nitrogens is 2. The van der Waals surface area contributed by atoms with E-state index in [1.807, 2.05) is 32.9 Å². The van der Waals surface area contributed by atoms with E-state index in [2.05, 4.69) is 44.8 Å². The van der Waals surface area contributed by atoms with Gasteiger partial charge in [0.2, 0.25) is 5.89 Å². The van der Waals surface area contributed by atoms with Gasteiger partial charge in [-0.3, -0.25) is 4.99 Å². The molecule has 1 aromatic heterocycles.